The second-order valence-electron chi connectivity index (χ2n) is 25.7. The summed E-state index contributed by atoms with van der Waals surface area (Å²) in [5.41, 5.74) is 0. The predicted octanol–water partition coefficient (Wildman–Crippen LogP) is 14.9. The Balaban J connectivity index is 2.59. The molecule has 1 aliphatic rings. The van der Waals surface area contributed by atoms with Crippen molar-refractivity contribution >= 4 is 23.8 Å². The molecular weight excluding hydrogens is 1060 g/mol. The number of hydrogen-bond acceptors (Lipinski definition) is 12. The average Bonchev–Trinajstić information content (AvgIpc) is 3.58. The number of aliphatic hydroxyl groups excluding tert-OH is 4. The van der Waals surface area contributed by atoms with Crippen LogP contribution in [-0.4, -0.2) is 143 Å². The van der Waals surface area contributed by atoms with Crippen molar-refractivity contribution < 1.29 is 49.1 Å². The van der Waals surface area contributed by atoms with Gasteiger partial charge in [-0.05, 0) is 25.7 Å². The van der Waals surface area contributed by atoms with E-state index in [1.54, 1.807) is 0 Å². The van der Waals surface area contributed by atoms with E-state index in [1.807, 2.05) is 9.80 Å². The van der Waals surface area contributed by atoms with Gasteiger partial charge in [0.2, 0.25) is 11.8 Å². The van der Waals surface area contributed by atoms with E-state index in [2.05, 4.69) is 38.3 Å². The van der Waals surface area contributed by atoms with E-state index in [-0.39, 0.29) is 38.9 Å². The van der Waals surface area contributed by atoms with E-state index in [1.165, 1.54) is 205 Å². The molecule has 0 aromatic rings. The molecule has 0 aliphatic carbocycles. The van der Waals surface area contributed by atoms with Gasteiger partial charge in [-0.25, -0.2) is 0 Å². The Labute approximate surface area is 516 Å². The van der Waals surface area contributed by atoms with Crippen LogP contribution >= 0.6 is 0 Å². The summed E-state index contributed by atoms with van der Waals surface area (Å²) in [6.07, 6.45) is 50.0. The van der Waals surface area contributed by atoms with Crippen LogP contribution in [0.4, 0.5) is 0 Å². The van der Waals surface area contributed by atoms with Crippen LogP contribution in [-0.2, 0) is 28.7 Å². The van der Waals surface area contributed by atoms with E-state index >= 15 is 0 Å². The summed E-state index contributed by atoms with van der Waals surface area (Å²) >= 11 is 0. The number of aliphatic hydroxyl groups is 4. The monoisotopic (exact) mass is 1190 g/mol. The van der Waals surface area contributed by atoms with E-state index in [9.17, 15) is 39.6 Å². The fourth-order valence-corrected chi connectivity index (χ4v) is 11.8. The standard InChI is InChI=1S/C70H136N4O10/c1-5-9-13-17-21-25-29-33-37-41-45-61(75)57-73(58-62(76)46-42-38-34-30-26-22-18-14-10-6-2)53-49-67(79)83-55-51-65-69(81)72-66(70(82)71-65)52-56-84-68(80)50-54-74(59-63(77)47-43-39-35-31-27-23-19-15-11-7-3)60-64(78)48-44-40-36-32-28-24-20-16-12-8-4/h61-66,75-78H,5-60H2,1-4H3,(H,71,82)(H,72,81). The zero-order valence-electron chi connectivity index (χ0n) is 55.2. The van der Waals surface area contributed by atoms with E-state index < -0.39 is 60.3 Å². The van der Waals surface area contributed by atoms with Crippen molar-refractivity contribution in [2.24, 2.45) is 0 Å². The zero-order valence-corrected chi connectivity index (χ0v) is 55.2. The molecule has 0 saturated carbocycles. The zero-order chi connectivity index (χ0) is 61.4. The van der Waals surface area contributed by atoms with Crippen LogP contribution in [0, 0.1) is 0 Å². The normalized spacial score (nSPS) is 16.0. The van der Waals surface area contributed by atoms with Crippen molar-refractivity contribution in [1.29, 1.82) is 0 Å². The van der Waals surface area contributed by atoms with Crippen molar-refractivity contribution in [3.63, 3.8) is 0 Å². The van der Waals surface area contributed by atoms with Crippen molar-refractivity contribution in [1.82, 2.24) is 20.4 Å². The maximum Gasteiger partial charge on any atom is 0.307 e. The molecule has 0 aromatic heterocycles. The molecular formula is C70H136N4O10. The number of esters is 2. The summed E-state index contributed by atoms with van der Waals surface area (Å²) in [4.78, 5) is 56.3. The highest BCUT2D eigenvalue weighted by molar-refractivity contribution is 5.96. The minimum Gasteiger partial charge on any atom is -0.466 e. The van der Waals surface area contributed by atoms with Gasteiger partial charge in [0.25, 0.3) is 0 Å². The molecule has 6 atom stereocenters. The lowest BCUT2D eigenvalue weighted by atomic mass is 10.0. The largest absolute Gasteiger partial charge is 0.466 e. The topological polar surface area (TPSA) is 198 Å². The van der Waals surface area contributed by atoms with Gasteiger partial charge in [-0.1, -0.05) is 285 Å². The first-order valence-corrected chi connectivity index (χ1v) is 36.0. The molecule has 0 bridgehead atoms. The van der Waals surface area contributed by atoms with Crippen molar-refractivity contribution in [2.75, 3.05) is 52.5 Å². The molecule has 0 aromatic carbocycles. The van der Waals surface area contributed by atoms with Gasteiger partial charge < -0.3 is 40.5 Å². The van der Waals surface area contributed by atoms with Gasteiger partial charge in [0.1, 0.15) is 12.1 Å². The number of carbonyl (C=O) groups excluding carboxylic acids is 4. The second-order valence-corrected chi connectivity index (χ2v) is 25.7. The Kier molecular flexibility index (Phi) is 55.3. The van der Waals surface area contributed by atoms with Gasteiger partial charge in [0, 0.05) is 52.1 Å². The van der Waals surface area contributed by atoms with Crippen LogP contribution in [0.1, 0.15) is 336 Å². The van der Waals surface area contributed by atoms with Crippen molar-refractivity contribution in [3.05, 3.63) is 0 Å². The molecule has 84 heavy (non-hydrogen) atoms. The van der Waals surface area contributed by atoms with E-state index in [0.717, 1.165) is 51.4 Å². The second kappa shape index (κ2) is 58.3. The van der Waals surface area contributed by atoms with Gasteiger partial charge >= 0.3 is 11.9 Å². The summed E-state index contributed by atoms with van der Waals surface area (Å²) in [5.74, 6) is -1.69. The minimum absolute atomic E-state index is 0.0636. The molecule has 1 heterocycles. The Hall–Kier alpha value is -2.36. The average molecular weight is 1190 g/mol. The Morgan fingerprint density at radius 2 is 0.560 bits per heavy atom. The lowest BCUT2D eigenvalue weighted by Gasteiger charge is -2.29. The summed E-state index contributed by atoms with van der Waals surface area (Å²) in [6.45, 7) is 11.0. The number of rotatable bonds is 64. The summed E-state index contributed by atoms with van der Waals surface area (Å²) < 4.78 is 11.1. The molecule has 1 fully saturated rings. The third-order valence-corrected chi connectivity index (χ3v) is 17.3. The van der Waals surface area contributed by atoms with Crippen molar-refractivity contribution in [2.45, 2.75) is 372 Å². The smallest absolute Gasteiger partial charge is 0.307 e. The van der Waals surface area contributed by atoms with Gasteiger partial charge in [0.05, 0.1) is 50.5 Å². The number of hydrogen-bond donors (Lipinski definition) is 6. The lowest BCUT2D eigenvalue weighted by Crippen LogP contribution is -2.62. The summed E-state index contributed by atoms with van der Waals surface area (Å²) in [5, 5.41) is 49.7. The molecule has 2 amide bonds. The molecule has 0 spiro atoms. The van der Waals surface area contributed by atoms with Crippen LogP contribution in [0.25, 0.3) is 0 Å². The maximum absolute atomic E-state index is 13.1. The number of carbonyl (C=O) groups is 4. The minimum atomic E-state index is -0.880. The first-order chi connectivity index (χ1) is 40.9. The molecule has 6 unspecified atom stereocenters. The molecule has 496 valence electrons. The summed E-state index contributed by atoms with van der Waals surface area (Å²) in [6, 6.07) is -1.76. The predicted molar refractivity (Wildman–Crippen MR) is 347 cm³/mol. The molecule has 1 saturated heterocycles. The van der Waals surface area contributed by atoms with E-state index in [0.29, 0.717) is 65.0 Å². The van der Waals surface area contributed by atoms with Crippen molar-refractivity contribution in [3.8, 4) is 0 Å². The number of ether oxygens (including phenoxy) is 2. The lowest BCUT2D eigenvalue weighted by molar-refractivity contribution is -0.147. The fourth-order valence-electron chi connectivity index (χ4n) is 11.8. The number of piperazine rings is 1. The van der Waals surface area contributed by atoms with Crippen LogP contribution in [0.15, 0.2) is 0 Å². The molecule has 0 radical (unpaired) electrons. The molecule has 6 N–H and O–H groups in total. The van der Waals surface area contributed by atoms with Gasteiger partial charge in [-0.2, -0.15) is 0 Å². The SMILES string of the molecule is CCCCCCCCCCCCC(O)CN(CCC(=O)OCCC1NC(=O)C(CCOC(=O)CCN(CC(O)CCCCCCCCCCCC)CC(O)CCCCCCCCCCCC)NC1=O)CC(O)CCCCCCCCCCCC. The molecule has 14 heteroatoms. The van der Waals surface area contributed by atoms with Crippen LogP contribution < -0.4 is 10.6 Å². The molecule has 1 aliphatic heterocycles. The van der Waals surface area contributed by atoms with Crippen LogP contribution in [0.2, 0.25) is 0 Å². The van der Waals surface area contributed by atoms with Crippen LogP contribution in [0.3, 0.4) is 0 Å². The number of nitrogens with zero attached hydrogens (tertiary/aromatic N) is 2. The highest BCUT2D eigenvalue weighted by atomic mass is 16.5. The maximum atomic E-state index is 13.1. The first kappa shape index (κ1) is 79.7. The highest BCUT2D eigenvalue weighted by Crippen LogP contribution is 2.19. The fraction of sp³-hybridized carbons (Fsp3) is 0.943. The molecule has 1 rings (SSSR count). The van der Waals surface area contributed by atoms with Crippen LogP contribution in [0.5, 0.6) is 0 Å². The highest BCUT2D eigenvalue weighted by Gasteiger charge is 2.34. The first-order valence-electron chi connectivity index (χ1n) is 36.0. The Bertz CT molecular complexity index is 1340. The Morgan fingerprint density at radius 1 is 0.357 bits per heavy atom. The van der Waals surface area contributed by atoms with Gasteiger partial charge in [-0.3, -0.25) is 29.0 Å². The third-order valence-electron chi connectivity index (χ3n) is 17.3. The quantitative estimate of drug-likeness (QED) is 0.0249. The molecule has 14 nitrogen and oxygen atoms in total. The van der Waals surface area contributed by atoms with Gasteiger partial charge in [-0.15, -0.1) is 0 Å². The number of amides is 2. The summed E-state index contributed by atoms with van der Waals surface area (Å²) in [7, 11) is 0. The number of unbranched alkanes of at least 4 members (excludes halogenated alkanes) is 36. The number of nitrogens with one attached hydrogen (secondary N) is 2. The van der Waals surface area contributed by atoms with Gasteiger partial charge in [0.15, 0.2) is 0 Å². The third kappa shape index (κ3) is 49.6. The van der Waals surface area contributed by atoms with E-state index in [4.69, 9.17) is 9.47 Å². The Morgan fingerprint density at radius 3 is 0.774 bits per heavy atom.